The molecular weight excluding hydrogens is 214 g/mol. The van der Waals surface area contributed by atoms with Crippen molar-refractivity contribution in [3.63, 3.8) is 0 Å². The quantitative estimate of drug-likeness (QED) is 0.558. The molecule has 0 rings (SSSR count). The van der Waals surface area contributed by atoms with Gasteiger partial charge >= 0.3 is 6.09 Å². The number of alkyl carbamates (subject to hydrolysis) is 1. The molecule has 0 aliphatic rings. The van der Waals surface area contributed by atoms with Crippen molar-refractivity contribution in [3.05, 3.63) is 24.4 Å². The summed E-state index contributed by atoms with van der Waals surface area (Å²) in [4.78, 5) is 11.2. The Morgan fingerprint density at radius 1 is 1.35 bits per heavy atom. The van der Waals surface area contributed by atoms with Gasteiger partial charge in [-0.25, -0.2) is 4.79 Å². The van der Waals surface area contributed by atoms with Crippen molar-refractivity contribution < 1.29 is 9.53 Å². The molecule has 17 heavy (non-hydrogen) atoms. The number of carbonyl (C=O) groups is 1. The highest BCUT2D eigenvalue weighted by atomic mass is 16.6. The Bertz CT molecular complexity index is 274. The molecule has 0 aromatic rings. The number of hydrogen-bond acceptors (Lipinski definition) is 2. The standard InChI is InChI=1S/C14H25NO2/c1-12(2)10-8-6-7-9-11-15-13(16)17-14(3,4)5/h9,11H,1,6-8,10H2,2-5H3,(H,15,16)/b11-9+. The minimum atomic E-state index is -0.445. The average molecular weight is 239 g/mol. The normalized spacial score (nSPS) is 11.5. The molecule has 0 unspecified atom stereocenters. The van der Waals surface area contributed by atoms with Crippen molar-refractivity contribution in [1.29, 1.82) is 0 Å². The van der Waals surface area contributed by atoms with Gasteiger partial charge in [0.05, 0.1) is 0 Å². The van der Waals surface area contributed by atoms with Crippen LogP contribution in [0.5, 0.6) is 0 Å². The molecule has 0 atom stereocenters. The Balaban J connectivity index is 3.54. The lowest BCUT2D eigenvalue weighted by Gasteiger charge is -2.18. The lowest BCUT2D eigenvalue weighted by Crippen LogP contribution is -2.29. The average Bonchev–Trinajstić information content (AvgIpc) is 2.12. The first kappa shape index (κ1) is 15.8. The molecule has 0 aromatic carbocycles. The van der Waals surface area contributed by atoms with Gasteiger partial charge in [-0.15, -0.1) is 6.58 Å². The summed E-state index contributed by atoms with van der Waals surface area (Å²) in [5.41, 5.74) is 0.778. The number of unbranched alkanes of at least 4 members (excludes halogenated alkanes) is 2. The summed E-state index contributed by atoms with van der Waals surface area (Å²) < 4.78 is 5.08. The molecule has 0 spiro atoms. The Morgan fingerprint density at radius 3 is 2.53 bits per heavy atom. The fourth-order valence-corrected chi connectivity index (χ4v) is 1.21. The maximum Gasteiger partial charge on any atom is 0.411 e. The highest BCUT2D eigenvalue weighted by Gasteiger charge is 2.14. The second-order valence-electron chi connectivity index (χ2n) is 5.25. The maximum absolute atomic E-state index is 11.2. The number of ether oxygens (including phenoxy) is 1. The largest absolute Gasteiger partial charge is 0.444 e. The van der Waals surface area contributed by atoms with Crippen molar-refractivity contribution in [2.75, 3.05) is 0 Å². The summed E-state index contributed by atoms with van der Waals surface area (Å²) in [5, 5.41) is 2.58. The molecule has 3 nitrogen and oxygen atoms in total. The number of rotatable bonds is 6. The molecule has 0 saturated carbocycles. The van der Waals surface area contributed by atoms with E-state index in [9.17, 15) is 4.79 Å². The summed E-state index contributed by atoms with van der Waals surface area (Å²) in [6.45, 7) is 11.4. The summed E-state index contributed by atoms with van der Waals surface area (Å²) >= 11 is 0. The Labute approximate surface area is 105 Å². The summed E-state index contributed by atoms with van der Waals surface area (Å²) in [6, 6.07) is 0. The lowest BCUT2D eigenvalue weighted by molar-refractivity contribution is 0.0552. The van der Waals surface area contributed by atoms with Crippen molar-refractivity contribution in [2.45, 2.75) is 59.0 Å². The number of hydrogen-bond donors (Lipinski definition) is 1. The Hall–Kier alpha value is -1.25. The van der Waals surface area contributed by atoms with Gasteiger partial charge in [-0.1, -0.05) is 11.6 Å². The number of amides is 1. The fourth-order valence-electron chi connectivity index (χ4n) is 1.21. The molecule has 0 bridgehead atoms. The summed E-state index contributed by atoms with van der Waals surface area (Å²) in [6.07, 6.45) is 7.48. The second-order valence-corrected chi connectivity index (χ2v) is 5.25. The second kappa shape index (κ2) is 7.93. The van der Waals surface area contributed by atoms with Crippen LogP contribution in [0.4, 0.5) is 4.79 Å². The van der Waals surface area contributed by atoms with Crippen LogP contribution in [0.15, 0.2) is 24.4 Å². The third kappa shape index (κ3) is 12.7. The van der Waals surface area contributed by atoms with E-state index in [0.717, 1.165) is 25.7 Å². The predicted molar refractivity (Wildman–Crippen MR) is 71.8 cm³/mol. The van der Waals surface area contributed by atoms with Crippen LogP contribution in [0.2, 0.25) is 0 Å². The molecule has 1 amide bonds. The summed E-state index contributed by atoms with van der Waals surface area (Å²) in [7, 11) is 0. The smallest absolute Gasteiger partial charge is 0.411 e. The van der Waals surface area contributed by atoms with Crippen molar-refractivity contribution >= 4 is 6.09 Å². The van der Waals surface area contributed by atoms with E-state index in [1.807, 2.05) is 33.8 Å². The van der Waals surface area contributed by atoms with Gasteiger partial charge in [0.2, 0.25) is 0 Å². The van der Waals surface area contributed by atoms with Gasteiger partial charge in [-0.2, -0.15) is 0 Å². The van der Waals surface area contributed by atoms with Gasteiger partial charge in [-0.05, 0) is 53.4 Å². The van der Waals surface area contributed by atoms with Gasteiger partial charge in [0.15, 0.2) is 0 Å². The molecule has 0 aromatic heterocycles. The van der Waals surface area contributed by atoms with Crippen LogP contribution in [0.25, 0.3) is 0 Å². The minimum absolute atomic E-state index is 0.407. The highest BCUT2D eigenvalue weighted by Crippen LogP contribution is 2.07. The van der Waals surface area contributed by atoms with E-state index in [4.69, 9.17) is 4.74 Å². The number of allylic oxidation sites excluding steroid dienone is 2. The molecule has 0 fully saturated rings. The molecule has 0 aliphatic heterocycles. The third-order valence-corrected chi connectivity index (χ3v) is 1.94. The van der Waals surface area contributed by atoms with E-state index >= 15 is 0 Å². The topological polar surface area (TPSA) is 38.3 Å². The molecule has 98 valence electrons. The Morgan fingerprint density at radius 2 is 2.00 bits per heavy atom. The van der Waals surface area contributed by atoms with E-state index < -0.39 is 11.7 Å². The van der Waals surface area contributed by atoms with Crippen LogP contribution in [-0.4, -0.2) is 11.7 Å². The van der Waals surface area contributed by atoms with Crippen LogP contribution in [0.1, 0.15) is 53.4 Å². The molecular formula is C14H25NO2. The molecule has 0 radical (unpaired) electrons. The van der Waals surface area contributed by atoms with Gasteiger partial charge in [0, 0.05) is 6.20 Å². The van der Waals surface area contributed by atoms with Crippen LogP contribution in [-0.2, 0) is 4.74 Å². The van der Waals surface area contributed by atoms with Crippen LogP contribution in [0.3, 0.4) is 0 Å². The van der Waals surface area contributed by atoms with Crippen molar-refractivity contribution in [3.8, 4) is 0 Å². The van der Waals surface area contributed by atoms with Gasteiger partial charge in [-0.3, -0.25) is 5.32 Å². The van der Waals surface area contributed by atoms with Crippen LogP contribution in [0, 0.1) is 0 Å². The first-order chi connectivity index (χ1) is 7.81. The molecule has 0 saturated heterocycles. The van der Waals surface area contributed by atoms with E-state index in [2.05, 4.69) is 11.9 Å². The Kier molecular flexibility index (Phi) is 7.35. The third-order valence-electron chi connectivity index (χ3n) is 1.94. The van der Waals surface area contributed by atoms with E-state index in [1.165, 1.54) is 5.57 Å². The fraction of sp³-hybridized carbons (Fsp3) is 0.643. The van der Waals surface area contributed by atoms with Crippen molar-refractivity contribution in [2.24, 2.45) is 0 Å². The zero-order valence-corrected chi connectivity index (χ0v) is 11.5. The van der Waals surface area contributed by atoms with Gasteiger partial charge in [0.1, 0.15) is 5.60 Å². The maximum atomic E-state index is 11.2. The number of carbonyl (C=O) groups excluding carboxylic acids is 1. The van der Waals surface area contributed by atoms with E-state index in [1.54, 1.807) is 6.20 Å². The van der Waals surface area contributed by atoms with Crippen LogP contribution < -0.4 is 5.32 Å². The zero-order valence-electron chi connectivity index (χ0n) is 11.5. The van der Waals surface area contributed by atoms with Gasteiger partial charge < -0.3 is 4.74 Å². The highest BCUT2D eigenvalue weighted by molar-refractivity contribution is 5.68. The summed E-state index contributed by atoms with van der Waals surface area (Å²) in [5.74, 6) is 0. The molecule has 1 N–H and O–H groups in total. The first-order valence-electron chi connectivity index (χ1n) is 6.10. The minimum Gasteiger partial charge on any atom is -0.444 e. The number of nitrogens with one attached hydrogen (secondary N) is 1. The SMILES string of the molecule is C=C(C)CCCC/C=C/NC(=O)OC(C)(C)C. The zero-order chi connectivity index (χ0) is 13.3. The monoisotopic (exact) mass is 239 g/mol. The van der Waals surface area contributed by atoms with E-state index in [0.29, 0.717) is 0 Å². The van der Waals surface area contributed by atoms with Crippen LogP contribution >= 0.6 is 0 Å². The molecule has 0 aliphatic carbocycles. The first-order valence-corrected chi connectivity index (χ1v) is 6.10. The van der Waals surface area contributed by atoms with Gasteiger partial charge in [0.25, 0.3) is 0 Å². The lowest BCUT2D eigenvalue weighted by atomic mass is 10.1. The molecule has 3 heteroatoms. The van der Waals surface area contributed by atoms with Crippen molar-refractivity contribution in [1.82, 2.24) is 5.32 Å². The molecule has 0 heterocycles. The van der Waals surface area contributed by atoms with E-state index in [-0.39, 0.29) is 0 Å². The predicted octanol–water partition coefficient (Wildman–Crippen LogP) is 4.16.